The molecule has 19 heavy (non-hydrogen) atoms. The number of aryl methyl sites for hydroxylation is 2. The Kier molecular flexibility index (Phi) is 5.28. The second kappa shape index (κ2) is 6.96. The van der Waals surface area contributed by atoms with Gasteiger partial charge < -0.3 is 10.1 Å². The number of ether oxygens (including phenoxy) is 1. The maximum absolute atomic E-state index is 5.42. The number of aromatic nitrogens is 2. The lowest BCUT2D eigenvalue weighted by atomic mass is 10.0. The molecule has 2 rings (SSSR count). The largest absolute Gasteiger partial charge is 0.381 e. The van der Waals surface area contributed by atoms with Gasteiger partial charge in [0.25, 0.3) is 0 Å². The fourth-order valence-electron chi connectivity index (χ4n) is 2.71. The van der Waals surface area contributed by atoms with Crippen LogP contribution in [-0.4, -0.2) is 36.8 Å². The van der Waals surface area contributed by atoms with Crippen LogP contribution < -0.4 is 5.32 Å². The molecule has 0 amide bonds. The van der Waals surface area contributed by atoms with E-state index in [1.165, 1.54) is 5.56 Å². The van der Waals surface area contributed by atoms with Crippen LogP contribution in [-0.2, 0) is 17.6 Å². The molecule has 0 saturated carbocycles. The lowest BCUT2D eigenvalue weighted by Crippen LogP contribution is -2.13. The summed E-state index contributed by atoms with van der Waals surface area (Å²) in [6, 6.07) is 0. The molecule has 0 aromatic carbocycles. The molecular weight excluding hydrogens is 238 g/mol. The van der Waals surface area contributed by atoms with Crippen LogP contribution in [0.25, 0.3) is 0 Å². The Bertz CT molecular complexity index is 391. The second-order valence-corrected chi connectivity index (χ2v) is 5.43. The van der Waals surface area contributed by atoms with Gasteiger partial charge in [-0.25, -0.2) is 9.97 Å². The van der Waals surface area contributed by atoms with Crippen molar-refractivity contribution in [2.24, 2.45) is 5.92 Å². The zero-order valence-electron chi connectivity index (χ0n) is 12.3. The van der Waals surface area contributed by atoms with Gasteiger partial charge in [-0.2, -0.15) is 0 Å². The number of rotatable bonds is 6. The highest BCUT2D eigenvalue weighted by Gasteiger charge is 2.18. The first kappa shape index (κ1) is 14.4. The Balaban J connectivity index is 2.02. The second-order valence-electron chi connectivity index (χ2n) is 5.43. The Morgan fingerprint density at radius 3 is 2.58 bits per heavy atom. The lowest BCUT2D eigenvalue weighted by Gasteiger charge is -2.12. The maximum atomic E-state index is 5.42. The van der Waals surface area contributed by atoms with Crippen LogP contribution in [0.5, 0.6) is 0 Å². The molecule has 2 heterocycles. The summed E-state index contributed by atoms with van der Waals surface area (Å²) >= 11 is 0. The van der Waals surface area contributed by atoms with Gasteiger partial charge in [0, 0.05) is 31.0 Å². The van der Waals surface area contributed by atoms with E-state index in [-0.39, 0.29) is 0 Å². The fourth-order valence-corrected chi connectivity index (χ4v) is 2.71. The van der Waals surface area contributed by atoms with Gasteiger partial charge in [0.15, 0.2) is 0 Å². The summed E-state index contributed by atoms with van der Waals surface area (Å²) in [5, 5.41) is 3.18. The monoisotopic (exact) mass is 263 g/mol. The summed E-state index contributed by atoms with van der Waals surface area (Å²) in [6.07, 6.45) is 4.30. The van der Waals surface area contributed by atoms with Gasteiger partial charge in [-0.15, -0.1) is 0 Å². The fraction of sp³-hybridized carbons (Fsp3) is 0.733. The van der Waals surface area contributed by atoms with E-state index in [1.807, 2.05) is 7.05 Å². The van der Waals surface area contributed by atoms with Gasteiger partial charge in [-0.3, -0.25) is 0 Å². The van der Waals surface area contributed by atoms with E-state index < -0.39 is 0 Å². The van der Waals surface area contributed by atoms with Gasteiger partial charge in [0.1, 0.15) is 5.82 Å². The lowest BCUT2D eigenvalue weighted by molar-refractivity contribution is 0.185. The van der Waals surface area contributed by atoms with E-state index in [0.29, 0.717) is 5.92 Å². The molecule has 4 nitrogen and oxygen atoms in total. The van der Waals surface area contributed by atoms with Crippen LogP contribution in [0, 0.1) is 19.8 Å². The van der Waals surface area contributed by atoms with Crippen molar-refractivity contribution in [3.05, 3.63) is 22.8 Å². The SMILES string of the molecule is CNCCCc1c(C)nc(CC2CCOC2)nc1C. The zero-order valence-corrected chi connectivity index (χ0v) is 12.3. The van der Waals surface area contributed by atoms with Crippen LogP contribution >= 0.6 is 0 Å². The van der Waals surface area contributed by atoms with Crippen molar-refractivity contribution in [2.75, 3.05) is 26.8 Å². The average molecular weight is 263 g/mol. The third-order valence-electron chi connectivity index (χ3n) is 3.82. The standard InChI is InChI=1S/C15H25N3O/c1-11-14(5-4-7-16-3)12(2)18-15(17-11)9-13-6-8-19-10-13/h13,16H,4-10H2,1-3H3. The minimum atomic E-state index is 0.606. The summed E-state index contributed by atoms with van der Waals surface area (Å²) in [5.74, 6) is 1.59. The van der Waals surface area contributed by atoms with Crippen LogP contribution in [0.4, 0.5) is 0 Å². The van der Waals surface area contributed by atoms with Crippen LogP contribution in [0.15, 0.2) is 0 Å². The van der Waals surface area contributed by atoms with Gasteiger partial charge in [-0.05, 0) is 58.2 Å². The summed E-state index contributed by atoms with van der Waals surface area (Å²) < 4.78 is 5.42. The van der Waals surface area contributed by atoms with Crippen LogP contribution in [0.2, 0.25) is 0 Å². The molecule has 0 bridgehead atoms. The first-order chi connectivity index (χ1) is 9.20. The normalized spacial score (nSPS) is 19.0. The van der Waals surface area contributed by atoms with Crippen molar-refractivity contribution in [3.8, 4) is 0 Å². The number of nitrogens with one attached hydrogen (secondary N) is 1. The van der Waals surface area contributed by atoms with Gasteiger partial charge in [-0.1, -0.05) is 0 Å². The third-order valence-corrected chi connectivity index (χ3v) is 3.82. The molecule has 0 aliphatic carbocycles. The molecule has 1 saturated heterocycles. The molecule has 0 spiro atoms. The number of hydrogen-bond donors (Lipinski definition) is 1. The maximum Gasteiger partial charge on any atom is 0.129 e. The Morgan fingerprint density at radius 2 is 2.00 bits per heavy atom. The molecule has 1 aromatic rings. The predicted molar refractivity (Wildman–Crippen MR) is 76.4 cm³/mol. The van der Waals surface area contributed by atoms with Crippen molar-refractivity contribution in [1.82, 2.24) is 15.3 Å². The predicted octanol–water partition coefficient (Wildman–Crippen LogP) is 1.82. The van der Waals surface area contributed by atoms with Gasteiger partial charge >= 0.3 is 0 Å². The van der Waals surface area contributed by atoms with Gasteiger partial charge in [0.05, 0.1) is 0 Å². The highest BCUT2D eigenvalue weighted by Crippen LogP contribution is 2.18. The quantitative estimate of drug-likeness (QED) is 0.795. The minimum Gasteiger partial charge on any atom is -0.381 e. The summed E-state index contributed by atoms with van der Waals surface area (Å²) in [6.45, 7) is 7.02. The summed E-state index contributed by atoms with van der Waals surface area (Å²) in [5.41, 5.74) is 3.62. The molecule has 1 fully saturated rings. The zero-order chi connectivity index (χ0) is 13.7. The van der Waals surface area contributed by atoms with Gasteiger partial charge in [0.2, 0.25) is 0 Å². The molecule has 1 aliphatic rings. The van der Waals surface area contributed by atoms with E-state index >= 15 is 0 Å². The Labute approximate surface area is 116 Å². The van der Waals surface area contributed by atoms with Crippen molar-refractivity contribution in [2.45, 2.75) is 39.5 Å². The van der Waals surface area contributed by atoms with Crippen LogP contribution in [0.3, 0.4) is 0 Å². The van der Waals surface area contributed by atoms with E-state index in [0.717, 1.165) is 62.7 Å². The van der Waals surface area contributed by atoms with Crippen molar-refractivity contribution in [1.29, 1.82) is 0 Å². The molecule has 1 N–H and O–H groups in total. The number of hydrogen-bond acceptors (Lipinski definition) is 4. The van der Waals surface area contributed by atoms with Crippen molar-refractivity contribution >= 4 is 0 Å². The van der Waals surface area contributed by atoms with Crippen molar-refractivity contribution < 1.29 is 4.74 Å². The molecule has 4 heteroatoms. The molecule has 1 unspecified atom stereocenters. The van der Waals surface area contributed by atoms with E-state index in [1.54, 1.807) is 0 Å². The van der Waals surface area contributed by atoms with E-state index in [2.05, 4.69) is 29.1 Å². The molecule has 1 aliphatic heterocycles. The average Bonchev–Trinajstić information content (AvgIpc) is 2.85. The summed E-state index contributed by atoms with van der Waals surface area (Å²) in [4.78, 5) is 9.38. The molecule has 106 valence electrons. The van der Waals surface area contributed by atoms with Crippen LogP contribution in [0.1, 0.15) is 35.6 Å². The molecule has 1 aromatic heterocycles. The Hall–Kier alpha value is -1.00. The number of nitrogens with zero attached hydrogens (tertiary/aromatic N) is 2. The van der Waals surface area contributed by atoms with Crippen molar-refractivity contribution in [3.63, 3.8) is 0 Å². The highest BCUT2D eigenvalue weighted by atomic mass is 16.5. The van der Waals surface area contributed by atoms with E-state index in [4.69, 9.17) is 4.74 Å². The molecule has 1 atom stereocenters. The summed E-state index contributed by atoms with van der Waals surface area (Å²) in [7, 11) is 1.99. The minimum absolute atomic E-state index is 0.606. The topological polar surface area (TPSA) is 47.0 Å². The highest BCUT2D eigenvalue weighted by molar-refractivity contribution is 5.24. The smallest absolute Gasteiger partial charge is 0.129 e. The molecule has 0 radical (unpaired) electrons. The first-order valence-corrected chi connectivity index (χ1v) is 7.26. The third kappa shape index (κ3) is 3.98. The Morgan fingerprint density at radius 1 is 1.26 bits per heavy atom. The first-order valence-electron chi connectivity index (χ1n) is 7.26. The molecular formula is C15H25N3O. The van der Waals surface area contributed by atoms with E-state index in [9.17, 15) is 0 Å².